The first-order valence-electron chi connectivity index (χ1n) is 8.94. The van der Waals surface area contributed by atoms with Gasteiger partial charge >= 0.3 is 6.18 Å². The van der Waals surface area contributed by atoms with Gasteiger partial charge in [-0.1, -0.05) is 29.3 Å². The number of benzene rings is 2. The Morgan fingerprint density at radius 2 is 1.76 bits per heavy atom. The monoisotopic (exact) mass is 441 g/mol. The third-order valence-corrected chi connectivity index (χ3v) is 5.10. The van der Waals surface area contributed by atoms with Crippen LogP contribution in [0, 0.1) is 0 Å². The lowest BCUT2D eigenvalue weighted by molar-refractivity contribution is -0.137. The maximum Gasteiger partial charge on any atom is 0.417 e. The summed E-state index contributed by atoms with van der Waals surface area (Å²) in [5.41, 5.74) is 0.997. The molecule has 3 aromatic rings. The summed E-state index contributed by atoms with van der Waals surface area (Å²) in [6.07, 6.45) is -2.77. The molecule has 29 heavy (non-hydrogen) atoms. The highest BCUT2D eigenvalue weighted by Gasteiger charge is 2.33. The molecule has 0 atom stereocenters. The van der Waals surface area contributed by atoms with Crippen molar-refractivity contribution in [1.29, 1.82) is 0 Å². The molecule has 1 aromatic heterocycles. The second kappa shape index (κ2) is 8.38. The average Bonchev–Trinajstić information content (AvgIpc) is 2.64. The van der Waals surface area contributed by atoms with Crippen LogP contribution in [0.1, 0.15) is 25.0 Å². The summed E-state index contributed by atoms with van der Waals surface area (Å²) < 4.78 is 39.1. The Morgan fingerprint density at radius 1 is 1.00 bits per heavy atom. The SMILES string of the molecule is CC(C)(CNc1ccnc2cc(Cl)ccc12)NCc1ccc(Cl)c(C(F)(F)F)c1. The number of nitrogens with one attached hydrogen (secondary N) is 2. The van der Waals surface area contributed by atoms with Gasteiger partial charge in [0.1, 0.15) is 0 Å². The molecule has 0 unspecified atom stereocenters. The molecule has 0 amide bonds. The highest BCUT2D eigenvalue weighted by atomic mass is 35.5. The van der Waals surface area contributed by atoms with Crippen molar-refractivity contribution in [2.24, 2.45) is 0 Å². The number of pyridine rings is 1. The zero-order valence-corrected chi connectivity index (χ0v) is 17.4. The first-order chi connectivity index (χ1) is 13.5. The molecule has 8 heteroatoms. The molecule has 0 bridgehead atoms. The third kappa shape index (κ3) is 5.53. The van der Waals surface area contributed by atoms with E-state index in [9.17, 15) is 13.2 Å². The van der Waals surface area contributed by atoms with E-state index in [1.54, 1.807) is 24.4 Å². The number of nitrogens with zero attached hydrogens (tertiary/aromatic N) is 1. The van der Waals surface area contributed by atoms with Crippen molar-refractivity contribution in [1.82, 2.24) is 10.3 Å². The van der Waals surface area contributed by atoms with Gasteiger partial charge in [-0.15, -0.1) is 0 Å². The fourth-order valence-electron chi connectivity index (χ4n) is 2.90. The van der Waals surface area contributed by atoms with Crippen molar-refractivity contribution in [3.05, 3.63) is 69.8 Å². The molecule has 2 N–H and O–H groups in total. The number of fused-ring (bicyclic) bond motifs is 1. The van der Waals surface area contributed by atoms with E-state index in [1.165, 1.54) is 6.07 Å². The molecule has 2 aromatic carbocycles. The average molecular weight is 442 g/mol. The molecule has 1 heterocycles. The van der Waals surface area contributed by atoms with Crippen LogP contribution in [-0.2, 0) is 12.7 Å². The van der Waals surface area contributed by atoms with E-state index < -0.39 is 11.7 Å². The minimum atomic E-state index is -4.48. The van der Waals surface area contributed by atoms with Crippen molar-refractivity contribution in [3.63, 3.8) is 0 Å². The molecule has 154 valence electrons. The molecule has 0 aliphatic carbocycles. The van der Waals surface area contributed by atoms with E-state index in [2.05, 4.69) is 15.6 Å². The third-order valence-electron chi connectivity index (χ3n) is 4.53. The number of anilines is 1. The fraction of sp³-hybridized carbons (Fsp3) is 0.286. The van der Waals surface area contributed by atoms with Crippen LogP contribution in [0.2, 0.25) is 10.0 Å². The van der Waals surface area contributed by atoms with E-state index in [4.69, 9.17) is 23.2 Å². The Labute approximate surface area is 177 Å². The van der Waals surface area contributed by atoms with E-state index in [1.807, 2.05) is 26.0 Å². The minimum absolute atomic E-state index is 0.279. The van der Waals surface area contributed by atoms with Gasteiger partial charge < -0.3 is 10.6 Å². The topological polar surface area (TPSA) is 37.0 Å². The Balaban J connectivity index is 1.67. The largest absolute Gasteiger partial charge is 0.417 e. The highest BCUT2D eigenvalue weighted by Crippen LogP contribution is 2.35. The molecule has 3 nitrogen and oxygen atoms in total. The lowest BCUT2D eigenvalue weighted by Crippen LogP contribution is -2.44. The van der Waals surface area contributed by atoms with Crippen molar-refractivity contribution < 1.29 is 13.2 Å². The molecular weight excluding hydrogens is 422 g/mol. The van der Waals surface area contributed by atoms with Gasteiger partial charge in [0.2, 0.25) is 0 Å². The summed E-state index contributed by atoms with van der Waals surface area (Å²) in [6.45, 7) is 4.78. The Morgan fingerprint density at radius 3 is 2.48 bits per heavy atom. The molecule has 0 saturated carbocycles. The molecule has 0 radical (unpaired) electrons. The van der Waals surface area contributed by atoms with Crippen LogP contribution in [0.4, 0.5) is 18.9 Å². The lowest BCUT2D eigenvalue weighted by Gasteiger charge is -2.28. The van der Waals surface area contributed by atoms with Crippen LogP contribution < -0.4 is 10.6 Å². The van der Waals surface area contributed by atoms with Gasteiger partial charge in [0.15, 0.2) is 0 Å². The van der Waals surface area contributed by atoms with Crippen LogP contribution in [0.15, 0.2) is 48.7 Å². The van der Waals surface area contributed by atoms with Gasteiger partial charge in [-0.2, -0.15) is 13.2 Å². The van der Waals surface area contributed by atoms with E-state index >= 15 is 0 Å². The number of aromatic nitrogens is 1. The predicted octanol–water partition coefficient (Wildman–Crippen LogP) is 6.54. The molecule has 0 fully saturated rings. The standard InChI is InChI=1S/C21H20Cl2F3N3/c1-20(2,29-11-13-3-6-17(23)16(9-13)21(24,25)26)12-28-18-7-8-27-19-10-14(22)4-5-15(18)19/h3-10,29H,11-12H2,1-2H3,(H,27,28). The maximum absolute atomic E-state index is 13.0. The number of hydrogen-bond donors (Lipinski definition) is 2. The predicted molar refractivity (Wildman–Crippen MR) is 113 cm³/mol. The first kappa shape index (κ1) is 21.7. The van der Waals surface area contributed by atoms with Crippen molar-refractivity contribution in [2.75, 3.05) is 11.9 Å². The minimum Gasteiger partial charge on any atom is -0.383 e. The van der Waals surface area contributed by atoms with Crippen molar-refractivity contribution in [3.8, 4) is 0 Å². The zero-order chi connectivity index (χ0) is 21.2. The molecular formula is C21H20Cl2F3N3. The van der Waals surface area contributed by atoms with Gasteiger partial charge in [-0.25, -0.2) is 0 Å². The maximum atomic E-state index is 13.0. The Kier molecular flexibility index (Phi) is 6.27. The highest BCUT2D eigenvalue weighted by molar-refractivity contribution is 6.31. The number of alkyl halides is 3. The van der Waals surface area contributed by atoms with Gasteiger partial charge in [0, 0.05) is 40.9 Å². The summed E-state index contributed by atoms with van der Waals surface area (Å²) in [5.74, 6) is 0. The zero-order valence-electron chi connectivity index (χ0n) is 15.9. The van der Waals surface area contributed by atoms with Gasteiger partial charge in [-0.3, -0.25) is 4.98 Å². The van der Waals surface area contributed by atoms with Gasteiger partial charge in [-0.05, 0) is 55.8 Å². The molecule has 0 saturated heterocycles. The smallest absolute Gasteiger partial charge is 0.383 e. The van der Waals surface area contributed by atoms with Crippen LogP contribution >= 0.6 is 23.2 Å². The van der Waals surface area contributed by atoms with E-state index in [0.29, 0.717) is 17.1 Å². The molecule has 0 spiro atoms. The lowest BCUT2D eigenvalue weighted by atomic mass is 10.0. The second-order valence-corrected chi connectivity index (χ2v) is 8.27. The van der Waals surface area contributed by atoms with E-state index in [-0.39, 0.29) is 17.1 Å². The Hall–Kier alpha value is -2.02. The van der Waals surface area contributed by atoms with Crippen LogP contribution in [0.5, 0.6) is 0 Å². The Bertz CT molecular complexity index is 1020. The second-order valence-electron chi connectivity index (χ2n) is 7.42. The summed E-state index contributed by atoms with van der Waals surface area (Å²) >= 11 is 11.7. The number of halogens is 5. The summed E-state index contributed by atoms with van der Waals surface area (Å²) in [5, 5.41) is 7.93. The van der Waals surface area contributed by atoms with Gasteiger partial charge in [0.25, 0.3) is 0 Å². The summed E-state index contributed by atoms with van der Waals surface area (Å²) in [6, 6.07) is 11.3. The van der Waals surface area contributed by atoms with Crippen LogP contribution in [-0.4, -0.2) is 17.1 Å². The van der Waals surface area contributed by atoms with Crippen LogP contribution in [0.3, 0.4) is 0 Å². The summed E-state index contributed by atoms with van der Waals surface area (Å²) in [4.78, 5) is 4.32. The fourth-order valence-corrected chi connectivity index (χ4v) is 3.29. The number of rotatable bonds is 6. The van der Waals surface area contributed by atoms with Crippen molar-refractivity contribution >= 4 is 39.8 Å². The van der Waals surface area contributed by atoms with E-state index in [0.717, 1.165) is 22.7 Å². The first-order valence-corrected chi connectivity index (χ1v) is 9.69. The van der Waals surface area contributed by atoms with Gasteiger partial charge in [0.05, 0.1) is 16.1 Å². The molecule has 0 aliphatic heterocycles. The normalized spacial score (nSPS) is 12.4. The summed E-state index contributed by atoms with van der Waals surface area (Å²) in [7, 11) is 0. The quantitative estimate of drug-likeness (QED) is 0.455. The van der Waals surface area contributed by atoms with Crippen LogP contribution in [0.25, 0.3) is 10.9 Å². The number of hydrogen-bond acceptors (Lipinski definition) is 3. The molecule has 3 rings (SSSR count). The molecule has 0 aliphatic rings. The van der Waals surface area contributed by atoms with Crippen molar-refractivity contribution in [2.45, 2.75) is 32.1 Å².